The molecule has 2 aromatic rings. The van der Waals surface area contributed by atoms with E-state index in [-0.39, 0.29) is 26.4 Å². The lowest BCUT2D eigenvalue weighted by Gasteiger charge is -2.45. The fourth-order valence-electron chi connectivity index (χ4n) is 4.32. The summed E-state index contributed by atoms with van der Waals surface area (Å²) in [6.07, 6.45) is -3.19. The van der Waals surface area contributed by atoms with Crippen LogP contribution >= 0.6 is 0 Å². The van der Waals surface area contributed by atoms with E-state index < -0.39 is 35.1 Å². The van der Waals surface area contributed by atoms with Crippen LogP contribution in [0.15, 0.2) is 66.7 Å². The molecule has 220 valence electrons. The van der Waals surface area contributed by atoms with Crippen LogP contribution in [0.25, 0.3) is 5.70 Å². The quantitative estimate of drug-likeness (QED) is 0.271. The molecule has 3 rings (SSSR count). The Morgan fingerprint density at radius 2 is 1.32 bits per heavy atom. The summed E-state index contributed by atoms with van der Waals surface area (Å²) in [4.78, 5) is 53.3. The topological polar surface area (TPSA) is 127 Å². The van der Waals surface area contributed by atoms with Crippen LogP contribution in [0.3, 0.4) is 0 Å². The minimum absolute atomic E-state index is 0.00287. The van der Waals surface area contributed by atoms with E-state index in [4.69, 9.17) is 18.9 Å². The monoisotopic (exact) mass is 570 g/mol. The third-order valence-corrected chi connectivity index (χ3v) is 6.09. The van der Waals surface area contributed by atoms with E-state index in [0.29, 0.717) is 16.9 Å². The molecule has 0 saturated carbocycles. The van der Waals surface area contributed by atoms with Crippen molar-refractivity contribution in [1.29, 1.82) is 0 Å². The van der Waals surface area contributed by atoms with Crippen LogP contribution < -0.4 is 10.0 Å². The number of para-hydroxylation sites is 1. The summed E-state index contributed by atoms with van der Waals surface area (Å²) in [5.41, 5.74) is 3.77. The predicted molar refractivity (Wildman–Crippen MR) is 149 cm³/mol. The summed E-state index contributed by atoms with van der Waals surface area (Å²) in [5, 5.41) is 3.02. The van der Waals surface area contributed by atoms with Crippen LogP contribution in [0.5, 0.6) is 0 Å². The largest absolute Gasteiger partial charge is 0.476 e. The van der Waals surface area contributed by atoms with E-state index >= 15 is 0 Å². The highest BCUT2D eigenvalue weighted by atomic mass is 16.6. The van der Waals surface area contributed by atoms with Crippen molar-refractivity contribution in [3.05, 3.63) is 72.3 Å². The van der Waals surface area contributed by atoms with Crippen molar-refractivity contribution >= 4 is 35.8 Å². The maximum atomic E-state index is 13.6. The van der Waals surface area contributed by atoms with Crippen molar-refractivity contribution < 1.29 is 38.1 Å². The molecule has 0 fully saturated rings. The fourth-order valence-corrected chi connectivity index (χ4v) is 4.32. The van der Waals surface area contributed by atoms with Gasteiger partial charge >= 0.3 is 24.4 Å². The number of nitrogens with zero attached hydrogens (tertiary/aromatic N) is 4. The van der Waals surface area contributed by atoms with Crippen LogP contribution in [0.1, 0.15) is 33.3 Å². The van der Waals surface area contributed by atoms with Gasteiger partial charge in [0.1, 0.15) is 7.05 Å². The van der Waals surface area contributed by atoms with E-state index in [1.807, 2.05) is 6.07 Å². The van der Waals surface area contributed by atoms with Gasteiger partial charge in [0.25, 0.3) is 0 Å². The normalized spacial score (nSPS) is 15.7. The summed E-state index contributed by atoms with van der Waals surface area (Å²) in [6.45, 7) is 6.55. The van der Waals surface area contributed by atoms with E-state index in [9.17, 15) is 19.2 Å². The first-order valence-corrected chi connectivity index (χ1v) is 13.3. The van der Waals surface area contributed by atoms with Gasteiger partial charge in [-0.25, -0.2) is 19.2 Å². The highest BCUT2D eigenvalue weighted by molar-refractivity contribution is 5.88. The van der Waals surface area contributed by atoms with Crippen LogP contribution in [0.2, 0.25) is 0 Å². The summed E-state index contributed by atoms with van der Waals surface area (Å²) in [5.74, 6) is 0. The zero-order chi connectivity index (χ0) is 30.0. The Bertz CT molecular complexity index is 1240. The van der Waals surface area contributed by atoms with Gasteiger partial charge in [-0.3, -0.25) is 0 Å². The number of carbonyl (C=O) groups is 4. The number of carbonyl (C=O) groups excluding carboxylic acids is 4. The van der Waals surface area contributed by atoms with Crippen molar-refractivity contribution in [1.82, 2.24) is 25.2 Å². The summed E-state index contributed by atoms with van der Waals surface area (Å²) in [7, 11) is 1.57. The van der Waals surface area contributed by atoms with Crippen LogP contribution in [0, 0.1) is 0 Å². The molecule has 4 amide bonds. The molecular formula is C28H36N5O8+. The predicted octanol–water partition coefficient (Wildman–Crippen LogP) is 4.87. The Morgan fingerprint density at radius 3 is 1.88 bits per heavy atom. The molecule has 2 unspecified atom stereocenters. The highest BCUT2D eigenvalue weighted by Gasteiger charge is 2.57. The molecule has 0 bridgehead atoms. The van der Waals surface area contributed by atoms with Crippen molar-refractivity contribution in [2.45, 2.75) is 33.9 Å². The number of quaternary nitrogens is 1. The minimum Gasteiger partial charge on any atom is -0.449 e. The second-order valence-corrected chi connectivity index (χ2v) is 8.59. The first-order chi connectivity index (χ1) is 19.7. The van der Waals surface area contributed by atoms with Crippen molar-refractivity contribution in [3.8, 4) is 0 Å². The molecule has 0 radical (unpaired) electrons. The van der Waals surface area contributed by atoms with Gasteiger partial charge < -0.3 is 18.9 Å². The summed E-state index contributed by atoms with van der Waals surface area (Å²) in [6, 6.07) is 17.5. The molecule has 0 spiro atoms. The Labute approximate surface area is 238 Å². The molecule has 13 heteroatoms. The average molecular weight is 571 g/mol. The first kappa shape index (κ1) is 30.8. The number of likely N-dealkylation sites (N-methyl/N-ethyl adjacent to an activating group) is 1. The fraction of sp³-hybridized carbons (Fsp3) is 0.357. The standard InChI is InChI=1S/C28H35N5O8/c1-6-38-25(34)29-32(28(37)41-9-4)33(5,22-18-14-11-15-19-22)24-20-23(21-16-12-10-13-17-21)30(26(35)39-7-2)31(24)27(36)40-8-3/h10-20,24H,6-9H2,1-5H3/p+1. The lowest BCUT2D eigenvalue weighted by atomic mass is 10.1. The van der Waals surface area contributed by atoms with Gasteiger partial charge in [-0.15, -0.1) is 9.60 Å². The van der Waals surface area contributed by atoms with E-state index in [2.05, 4.69) is 5.43 Å². The zero-order valence-electron chi connectivity index (χ0n) is 23.8. The Hall–Kier alpha value is -4.78. The maximum absolute atomic E-state index is 13.6. The molecule has 1 aliphatic rings. The molecule has 0 aromatic heterocycles. The van der Waals surface area contributed by atoms with Crippen LogP contribution in [-0.4, -0.2) is 79.1 Å². The third-order valence-electron chi connectivity index (χ3n) is 6.09. The lowest BCUT2D eigenvalue weighted by molar-refractivity contribution is -0.104. The van der Waals surface area contributed by atoms with Crippen molar-refractivity contribution in [2.75, 3.05) is 33.5 Å². The number of hydrogen-bond acceptors (Lipinski definition) is 8. The Balaban J connectivity index is 2.35. The van der Waals surface area contributed by atoms with Gasteiger partial charge in [0.05, 0.1) is 32.1 Å². The summed E-state index contributed by atoms with van der Waals surface area (Å²) < 4.78 is 20.5. The maximum Gasteiger partial charge on any atom is 0.476 e. The van der Waals surface area contributed by atoms with Crippen molar-refractivity contribution in [2.24, 2.45) is 0 Å². The Morgan fingerprint density at radius 1 is 0.780 bits per heavy atom. The molecule has 0 saturated heterocycles. The molecular weight excluding hydrogens is 534 g/mol. The van der Waals surface area contributed by atoms with E-state index in [1.165, 1.54) is 0 Å². The van der Waals surface area contributed by atoms with Gasteiger partial charge in [0, 0.05) is 23.8 Å². The van der Waals surface area contributed by atoms with Gasteiger partial charge in [-0.05, 0) is 32.8 Å². The van der Waals surface area contributed by atoms with Crippen molar-refractivity contribution in [3.63, 3.8) is 0 Å². The van der Waals surface area contributed by atoms with Gasteiger partial charge in [0.2, 0.25) is 6.17 Å². The van der Waals surface area contributed by atoms with Crippen LogP contribution in [0.4, 0.5) is 24.9 Å². The number of hydrazine groups is 2. The number of benzene rings is 2. The second kappa shape index (κ2) is 14.0. The van der Waals surface area contributed by atoms with E-state index in [0.717, 1.165) is 15.1 Å². The number of ether oxygens (including phenoxy) is 4. The smallest absolute Gasteiger partial charge is 0.449 e. The Kier molecular flexibility index (Phi) is 10.5. The van der Waals surface area contributed by atoms with Crippen LogP contribution in [-0.2, 0) is 18.9 Å². The van der Waals surface area contributed by atoms with Gasteiger partial charge in [-0.1, -0.05) is 48.5 Å². The average Bonchev–Trinajstić information content (AvgIpc) is 3.39. The molecule has 1 heterocycles. The second-order valence-electron chi connectivity index (χ2n) is 8.59. The molecule has 1 N–H and O–H groups in total. The first-order valence-electron chi connectivity index (χ1n) is 13.3. The highest BCUT2D eigenvalue weighted by Crippen LogP contribution is 2.39. The van der Waals surface area contributed by atoms with Gasteiger partial charge in [-0.2, -0.15) is 10.4 Å². The van der Waals surface area contributed by atoms with E-state index in [1.54, 1.807) is 95.4 Å². The molecule has 41 heavy (non-hydrogen) atoms. The molecule has 0 aliphatic carbocycles. The van der Waals surface area contributed by atoms with Gasteiger partial charge in [0.15, 0.2) is 5.69 Å². The molecule has 13 nitrogen and oxygen atoms in total. The lowest BCUT2D eigenvalue weighted by Crippen LogP contribution is -2.75. The zero-order valence-corrected chi connectivity index (χ0v) is 23.8. The number of nitrogens with one attached hydrogen (secondary N) is 1. The number of hydrogen-bond donors (Lipinski definition) is 1. The third kappa shape index (κ3) is 6.52. The summed E-state index contributed by atoms with van der Waals surface area (Å²) >= 11 is 0. The number of amides is 4. The molecule has 2 atom stereocenters. The molecule has 1 aliphatic heterocycles. The molecule has 2 aromatic carbocycles. The SMILES string of the molecule is CCOC(=O)NN(C(=O)OCC)[N+](C)(c1ccccc1)C1C=C(c2ccccc2)N(C(=O)OCC)N1C(=O)OCC. The minimum atomic E-state index is -1.19. The number of rotatable bonds is 8.